The van der Waals surface area contributed by atoms with Crippen molar-refractivity contribution in [3.05, 3.63) is 53.0 Å². The number of hydrogen-bond acceptors (Lipinski definition) is 5. The van der Waals surface area contributed by atoms with Gasteiger partial charge in [0, 0.05) is 32.7 Å². The van der Waals surface area contributed by atoms with Gasteiger partial charge in [-0.1, -0.05) is 6.07 Å². The number of aromatic nitrogens is 2. The standard InChI is InChI=1S/C18H18F4N4O2/c19-13-2-1-12(14(11-13)18(20,21)22)5-6-25-7-9-26(10-8-25)16-4-3-15(17(27)28)23-24-16/h1-4,11H,5-10H2,(H,27,28). The van der Waals surface area contributed by atoms with Gasteiger partial charge in [-0.3, -0.25) is 4.90 Å². The molecule has 28 heavy (non-hydrogen) atoms. The average molecular weight is 398 g/mol. The minimum Gasteiger partial charge on any atom is -0.476 e. The normalized spacial score (nSPS) is 15.6. The zero-order valence-electron chi connectivity index (χ0n) is 14.8. The summed E-state index contributed by atoms with van der Waals surface area (Å²) in [4.78, 5) is 14.8. The Balaban J connectivity index is 1.56. The monoisotopic (exact) mass is 398 g/mol. The van der Waals surface area contributed by atoms with E-state index in [-0.39, 0.29) is 17.7 Å². The molecule has 0 unspecified atom stereocenters. The third kappa shape index (κ3) is 4.75. The number of benzene rings is 1. The van der Waals surface area contributed by atoms with E-state index < -0.39 is 23.5 Å². The number of nitrogens with zero attached hydrogens (tertiary/aromatic N) is 4. The van der Waals surface area contributed by atoms with Gasteiger partial charge in [-0.15, -0.1) is 10.2 Å². The molecule has 1 N–H and O–H groups in total. The summed E-state index contributed by atoms with van der Waals surface area (Å²) >= 11 is 0. The quantitative estimate of drug-likeness (QED) is 0.782. The summed E-state index contributed by atoms with van der Waals surface area (Å²) in [5.74, 6) is -1.50. The molecule has 1 fully saturated rings. The number of carboxylic acid groups (broad SMARTS) is 1. The van der Waals surface area contributed by atoms with E-state index in [1.165, 1.54) is 12.1 Å². The molecular formula is C18H18F4N4O2. The molecule has 2 aromatic rings. The van der Waals surface area contributed by atoms with E-state index in [4.69, 9.17) is 5.11 Å². The zero-order chi connectivity index (χ0) is 20.3. The van der Waals surface area contributed by atoms with Gasteiger partial charge in [0.05, 0.1) is 5.56 Å². The van der Waals surface area contributed by atoms with Crippen molar-refractivity contribution in [1.82, 2.24) is 15.1 Å². The van der Waals surface area contributed by atoms with Crippen LogP contribution in [0.5, 0.6) is 0 Å². The van der Waals surface area contributed by atoms with Gasteiger partial charge in [0.1, 0.15) is 5.82 Å². The van der Waals surface area contributed by atoms with Crippen LogP contribution in [0.4, 0.5) is 23.4 Å². The minimum atomic E-state index is -4.59. The summed E-state index contributed by atoms with van der Waals surface area (Å²) in [6, 6.07) is 5.73. The molecule has 0 spiro atoms. The molecule has 1 aromatic carbocycles. The Bertz CT molecular complexity index is 834. The van der Waals surface area contributed by atoms with Gasteiger partial charge in [-0.2, -0.15) is 13.2 Å². The van der Waals surface area contributed by atoms with E-state index in [9.17, 15) is 22.4 Å². The fraction of sp³-hybridized carbons (Fsp3) is 0.389. The fourth-order valence-corrected chi connectivity index (χ4v) is 3.12. The highest BCUT2D eigenvalue weighted by Crippen LogP contribution is 2.32. The van der Waals surface area contributed by atoms with Crippen LogP contribution in [-0.4, -0.2) is 58.9 Å². The molecule has 1 aliphatic heterocycles. The Morgan fingerprint density at radius 1 is 1.07 bits per heavy atom. The first-order chi connectivity index (χ1) is 13.2. The van der Waals surface area contributed by atoms with Gasteiger partial charge in [0.25, 0.3) is 0 Å². The summed E-state index contributed by atoms with van der Waals surface area (Å²) in [6.45, 7) is 2.84. The predicted molar refractivity (Wildman–Crippen MR) is 92.8 cm³/mol. The van der Waals surface area contributed by atoms with Crippen molar-refractivity contribution in [3.63, 3.8) is 0 Å². The Morgan fingerprint density at radius 2 is 1.79 bits per heavy atom. The number of aromatic carboxylic acids is 1. The number of hydrogen-bond donors (Lipinski definition) is 1. The van der Waals surface area contributed by atoms with Gasteiger partial charge in [0.2, 0.25) is 0 Å². The lowest BCUT2D eigenvalue weighted by Gasteiger charge is -2.35. The van der Waals surface area contributed by atoms with Crippen LogP contribution in [0.15, 0.2) is 30.3 Å². The largest absolute Gasteiger partial charge is 0.476 e. The maximum Gasteiger partial charge on any atom is 0.416 e. The molecule has 0 bridgehead atoms. The van der Waals surface area contributed by atoms with E-state index in [0.29, 0.717) is 44.6 Å². The molecule has 0 radical (unpaired) electrons. The molecule has 6 nitrogen and oxygen atoms in total. The molecule has 1 saturated heterocycles. The zero-order valence-corrected chi connectivity index (χ0v) is 14.8. The molecule has 0 aliphatic carbocycles. The van der Waals surface area contributed by atoms with Crippen molar-refractivity contribution < 1.29 is 27.5 Å². The van der Waals surface area contributed by atoms with Gasteiger partial charge in [0.15, 0.2) is 11.5 Å². The van der Waals surface area contributed by atoms with Crippen LogP contribution in [-0.2, 0) is 12.6 Å². The highest BCUT2D eigenvalue weighted by atomic mass is 19.4. The van der Waals surface area contributed by atoms with Crippen LogP contribution in [0.1, 0.15) is 21.6 Å². The highest BCUT2D eigenvalue weighted by Gasteiger charge is 2.33. The lowest BCUT2D eigenvalue weighted by atomic mass is 10.0. The maximum atomic E-state index is 13.2. The van der Waals surface area contributed by atoms with Crippen LogP contribution < -0.4 is 4.90 Å². The van der Waals surface area contributed by atoms with Crippen molar-refractivity contribution in [2.45, 2.75) is 12.6 Å². The summed E-state index contributed by atoms with van der Waals surface area (Å²) < 4.78 is 52.4. The van der Waals surface area contributed by atoms with Crippen molar-refractivity contribution >= 4 is 11.8 Å². The van der Waals surface area contributed by atoms with Crippen LogP contribution in [0, 0.1) is 5.82 Å². The molecule has 150 valence electrons. The predicted octanol–water partition coefficient (Wildman–Crippen LogP) is 2.70. The molecule has 0 saturated carbocycles. The van der Waals surface area contributed by atoms with Gasteiger partial charge >= 0.3 is 12.1 Å². The number of rotatable bonds is 5. The van der Waals surface area contributed by atoms with Crippen LogP contribution in [0.2, 0.25) is 0 Å². The topological polar surface area (TPSA) is 69.6 Å². The fourth-order valence-electron chi connectivity index (χ4n) is 3.12. The number of carboxylic acids is 1. The summed E-state index contributed by atoms with van der Waals surface area (Å²) in [5.41, 5.74) is -0.992. The first kappa shape index (κ1) is 20.0. The summed E-state index contributed by atoms with van der Waals surface area (Å²) in [6.07, 6.45) is -4.42. The molecule has 10 heteroatoms. The SMILES string of the molecule is O=C(O)c1ccc(N2CCN(CCc3ccc(F)cc3C(F)(F)F)CC2)nn1. The van der Waals surface area contributed by atoms with Crippen molar-refractivity contribution in [2.75, 3.05) is 37.6 Å². The molecular weight excluding hydrogens is 380 g/mol. The number of carbonyl (C=O) groups is 1. The third-order valence-corrected chi connectivity index (χ3v) is 4.64. The van der Waals surface area contributed by atoms with Crippen LogP contribution >= 0.6 is 0 Å². The Hall–Kier alpha value is -2.75. The van der Waals surface area contributed by atoms with Crippen molar-refractivity contribution in [3.8, 4) is 0 Å². The minimum absolute atomic E-state index is 0.0754. The molecule has 3 rings (SSSR count). The second-order valence-corrected chi connectivity index (χ2v) is 6.46. The first-order valence-corrected chi connectivity index (χ1v) is 8.64. The molecule has 2 heterocycles. The highest BCUT2D eigenvalue weighted by molar-refractivity contribution is 5.85. The van der Waals surface area contributed by atoms with Gasteiger partial charge in [-0.05, 0) is 36.2 Å². The number of anilines is 1. The van der Waals surface area contributed by atoms with E-state index in [2.05, 4.69) is 10.2 Å². The second-order valence-electron chi connectivity index (χ2n) is 6.46. The van der Waals surface area contributed by atoms with E-state index in [1.54, 1.807) is 6.07 Å². The lowest BCUT2D eigenvalue weighted by molar-refractivity contribution is -0.138. The molecule has 1 aliphatic rings. The van der Waals surface area contributed by atoms with Gasteiger partial charge < -0.3 is 10.0 Å². The number of alkyl halides is 3. The second kappa shape index (κ2) is 8.09. The molecule has 0 amide bonds. The first-order valence-electron chi connectivity index (χ1n) is 8.64. The van der Waals surface area contributed by atoms with E-state index in [1.807, 2.05) is 9.80 Å². The smallest absolute Gasteiger partial charge is 0.416 e. The molecule has 0 atom stereocenters. The number of halogens is 4. The Morgan fingerprint density at radius 3 is 2.36 bits per heavy atom. The van der Waals surface area contributed by atoms with E-state index in [0.717, 1.165) is 6.07 Å². The van der Waals surface area contributed by atoms with Crippen molar-refractivity contribution in [1.29, 1.82) is 0 Å². The summed E-state index contributed by atoms with van der Waals surface area (Å²) in [5, 5.41) is 16.4. The number of piperazine rings is 1. The Kier molecular flexibility index (Phi) is 5.78. The van der Waals surface area contributed by atoms with E-state index >= 15 is 0 Å². The Labute approximate surface area is 158 Å². The van der Waals surface area contributed by atoms with Crippen molar-refractivity contribution in [2.24, 2.45) is 0 Å². The lowest BCUT2D eigenvalue weighted by Crippen LogP contribution is -2.47. The third-order valence-electron chi connectivity index (χ3n) is 4.64. The average Bonchev–Trinajstić information content (AvgIpc) is 2.67. The van der Waals surface area contributed by atoms with Crippen LogP contribution in [0.3, 0.4) is 0 Å². The van der Waals surface area contributed by atoms with Crippen LogP contribution in [0.25, 0.3) is 0 Å². The summed E-state index contributed by atoms with van der Waals surface area (Å²) in [7, 11) is 0. The maximum absolute atomic E-state index is 13.2. The molecule has 1 aromatic heterocycles. The van der Waals surface area contributed by atoms with Gasteiger partial charge in [-0.25, -0.2) is 9.18 Å².